The first-order valence-corrected chi connectivity index (χ1v) is 17.8. The Kier molecular flexibility index (Phi) is 38.0. The van der Waals surface area contributed by atoms with Crippen LogP contribution in [-0.2, 0) is 0 Å². The van der Waals surface area contributed by atoms with Crippen LogP contribution in [-0.4, -0.2) is 0 Å². The molecule has 0 saturated carbocycles. The smallest absolute Gasteiger partial charge is 0.0353 e. The van der Waals surface area contributed by atoms with Gasteiger partial charge in [-0.25, -0.2) is 0 Å². The quantitative estimate of drug-likeness (QED) is 0.0637. The van der Waals surface area contributed by atoms with E-state index >= 15 is 0 Å². The lowest BCUT2D eigenvalue weighted by Crippen LogP contribution is -1.94. The van der Waals surface area contributed by atoms with Crippen molar-refractivity contribution in [1.82, 2.24) is 0 Å². The molecule has 2 atom stereocenters. The van der Waals surface area contributed by atoms with Crippen molar-refractivity contribution >= 4 is 0 Å². The zero-order valence-corrected chi connectivity index (χ0v) is 27.5. The van der Waals surface area contributed by atoms with Crippen LogP contribution < -0.4 is 0 Å². The van der Waals surface area contributed by atoms with Gasteiger partial charge in [0.2, 0.25) is 0 Å². The minimum atomic E-state index is 0.963. The number of unbranched alkanes of at least 4 members (excludes halogenated alkanes) is 20. The van der Waals surface area contributed by atoms with Crippen LogP contribution in [0.25, 0.3) is 0 Å². The van der Waals surface area contributed by atoms with Gasteiger partial charge in [0.15, 0.2) is 0 Å². The average molecular weight is 533 g/mol. The Balaban J connectivity index is 0. The molecule has 0 N–H and O–H groups in total. The second-order valence-corrected chi connectivity index (χ2v) is 12.6. The Morgan fingerprint density at radius 3 is 0.868 bits per heavy atom. The van der Waals surface area contributed by atoms with E-state index in [0.717, 1.165) is 11.8 Å². The molecule has 0 aromatic carbocycles. The summed E-state index contributed by atoms with van der Waals surface area (Å²) in [6.45, 7) is 17.0. The van der Waals surface area contributed by atoms with Gasteiger partial charge in [0.25, 0.3) is 0 Å². The van der Waals surface area contributed by atoms with Crippen molar-refractivity contribution < 1.29 is 0 Å². The maximum atomic E-state index is 3.77. The monoisotopic (exact) mass is 533 g/mol. The fraction of sp³-hybridized carbons (Fsp3) is 0.895. The summed E-state index contributed by atoms with van der Waals surface area (Å²) in [5.74, 6) is 1.93. The molecule has 0 aliphatic carbocycles. The molecular formula is C38H76. The molecular weight excluding hydrogens is 456 g/mol. The molecule has 0 fully saturated rings. The molecule has 0 aromatic heterocycles. The van der Waals surface area contributed by atoms with Crippen LogP contribution in [0.3, 0.4) is 0 Å². The molecule has 0 amide bonds. The van der Waals surface area contributed by atoms with E-state index in [2.05, 4.69) is 40.9 Å². The SMILES string of the molecule is C=CCCCCCCCCCCCC(C)CCCC.C=CCCCCCCCCCCCC(C)CCCC. The van der Waals surface area contributed by atoms with Gasteiger partial charge in [0.05, 0.1) is 0 Å². The van der Waals surface area contributed by atoms with Gasteiger partial charge in [-0.15, -0.1) is 13.2 Å². The largest absolute Gasteiger partial charge is 0.103 e. The number of hydrogen-bond donors (Lipinski definition) is 0. The Morgan fingerprint density at radius 1 is 0.368 bits per heavy atom. The van der Waals surface area contributed by atoms with Crippen molar-refractivity contribution in [1.29, 1.82) is 0 Å². The first-order chi connectivity index (χ1) is 18.6. The molecule has 228 valence electrons. The summed E-state index contributed by atoms with van der Waals surface area (Å²) in [5, 5.41) is 0. The van der Waals surface area contributed by atoms with Gasteiger partial charge in [-0.3, -0.25) is 0 Å². The second-order valence-electron chi connectivity index (χ2n) is 12.6. The first kappa shape index (κ1) is 39.6. The summed E-state index contributed by atoms with van der Waals surface area (Å²) < 4.78 is 0. The summed E-state index contributed by atoms with van der Waals surface area (Å²) in [7, 11) is 0. The van der Waals surface area contributed by atoms with Crippen LogP contribution in [0.1, 0.15) is 207 Å². The summed E-state index contributed by atoms with van der Waals surface area (Å²) in [4.78, 5) is 0. The van der Waals surface area contributed by atoms with E-state index in [1.807, 2.05) is 12.2 Å². The highest BCUT2D eigenvalue weighted by Gasteiger charge is 2.02. The third-order valence-corrected chi connectivity index (χ3v) is 8.31. The maximum absolute atomic E-state index is 3.77. The molecule has 0 rings (SSSR count). The minimum absolute atomic E-state index is 0.963. The normalized spacial score (nSPS) is 12.5. The van der Waals surface area contributed by atoms with Crippen molar-refractivity contribution in [2.45, 2.75) is 207 Å². The van der Waals surface area contributed by atoms with Gasteiger partial charge < -0.3 is 0 Å². The molecule has 0 heterocycles. The van der Waals surface area contributed by atoms with Crippen molar-refractivity contribution in [2.75, 3.05) is 0 Å². The van der Waals surface area contributed by atoms with Gasteiger partial charge in [-0.2, -0.15) is 0 Å². The fourth-order valence-corrected chi connectivity index (χ4v) is 5.43. The fourth-order valence-electron chi connectivity index (χ4n) is 5.43. The van der Waals surface area contributed by atoms with Crippen LogP contribution in [0.15, 0.2) is 25.3 Å². The first-order valence-electron chi connectivity index (χ1n) is 17.8. The maximum Gasteiger partial charge on any atom is -0.0353 e. The summed E-state index contributed by atoms with van der Waals surface area (Å²) >= 11 is 0. The summed E-state index contributed by atoms with van der Waals surface area (Å²) in [6, 6.07) is 0. The van der Waals surface area contributed by atoms with Gasteiger partial charge in [0, 0.05) is 0 Å². The highest BCUT2D eigenvalue weighted by Crippen LogP contribution is 2.18. The zero-order chi connectivity index (χ0) is 28.4. The molecule has 0 saturated heterocycles. The van der Waals surface area contributed by atoms with Crippen molar-refractivity contribution in [3.05, 3.63) is 25.3 Å². The number of rotatable bonds is 30. The predicted molar refractivity (Wildman–Crippen MR) is 179 cm³/mol. The van der Waals surface area contributed by atoms with Gasteiger partial charge >= 0.3 is 0 Å². The van der Waals surface area contributed by atoms with Crippen molar-refractivity contribution in [3.8, 4) is 0 Å². The summed E-state index contributed by atoms with van der Waals surface area (Å²) in [6.07, 6.45) is 43.8. The van der Waals surface area contributed by atoms with E-state index in [-0.39, 0.29) is 0 Å². The Morgan fingerprint density at radius 2 is 0.605 bits per heavy atom. The summed E-state index contributed by atoms with van der Waals surface area (Å²) in [5.41, 5.74) is 0. The van der Waals surface area contributed by atoms with Crippen molar-refractivity contribution in [3.63, 3.8) is 0 Å². The number of hydrogen-bond acceptors (Lipinski definition) is 0. The standard InChI is InChI=1S/2C19H38/c2*1-4-6-8-9-10-11-12-13-14-15-16-18-19(3)17-7-5-2/h2*4,19H,1,5-18H2,2-3H3. The van der Waals surface area contributed by atoms with Crippen molar-refractivity contribution in [2.24, 2.45) is 11.8 Å². The van der Waals surface area contributed by atoms with Crippen LogP contribution in [0.2, 0.25) is 0 Å². The molecule has 38 heavy (non-hydrogen) atoms. The van der Waals surface area contributed by atoms with E-state index in [4.69, 9.17) is 0 Å². The highest BCUT2D eigenvalue weighted by atomic mass is 14.1. The third kappa shape index (κ3) is 37.6. The average Bonchev–Trinajstić information content (AvgIpc) is 2.92. The molecule has 2 unspecified atom stereocenters. The molecule has 0 spiro atoms. The van der Waals surface area contributed by atoms with Crippen LogP contribution >= 0.6 is 0 Å². The van der Waals surface area contributed by atoms with Gasteiger partial charge in [-0.1, -0.05) is 194 Å². The zero-order valence-electron chi connectivity index (χ0n) is 27.5. The van der Waals surface area contributed by atoms with Gasteiger partial charge in [-0.05, 0) is 37.5 Å². The lowest BCUT2D eigenvalue weighted by atomic mass is 9.97. The third-order valence-electron chi connectivity index (χ3n) is 8.31. The Labute approximate surface area is 244 Å². The molecule has 0 nitrogen and oxygen atoms in total. The van der Waals surface area contributed by atoms with Crippen LogP contribution in [0.5, 0.6) is 0 Å². The van der Waals surface area contributed by atoms with Crippen LogP contribution in [0.4, 0.5) is 0 Å². The van der Waals surface area contributed by atoms with E-state index in [9.17, 15) is 0 Å². The number of allylic oxidation sites excluding steroid dienone is 2. The molecule has 0 aliphatic heterocycles. The van der Waals surface area contributed by atoms with Gasteiger partial charge in [0.1, 0.15) is 0 Å². The molecule has 0 heteroatoms. The second kappa shape index (κ2) is 36.5. The van der Waals surface area contributed by atoms with E-state index in [1.54, 1.807) is 0 Å². The lowest BCUT2D eigenvalue weighted by Gasteiger charge is -2.10. The highest BCUT2D eigenvalue weighted by molar-refractivity contribution is 4.66. The Bertz CT molecular complexity index is 382. The molecule has 0 radical (unpaired) electrons. The van der Waals surface area contributed by atoms with E-state index in [1.165, 1.54) is 180 Å². The molecule has 0 aromatic rings. The molecule has 0 aliphatic rings. The van der Waals surface area contributed by atoms with E-state index in [0.29, 0.717) is 0 Å². The topological polar surface area (TPSA) is 0 Å². The molecule has 0 bridgehead atoms. The Hall–Kier alpha value is -0.520. The van der Waals surface area contributed by atoms with E-state index < -0.39 is 0 Å². The lowest BCUT2D eigenvalue weighted by molar-refractivity contribution is 0.440. The van der Waals surface area contributed by atoms with Crippen LogP contribution in [0, 0.1) is 11.8 Å². The predicted octanol–water partition coefficient (Wildman–Crippen LogP) is 14.6. The minimum Gasteiger partial charge on any atom is -0.103 e.